The van der Waals surface area contributed by atoms with Gasteiger partial charge in [0.2, 0.25) is 0 Å². The maximum Gasteiger partial charge on any atom is 0.135 e. The van der Waals surface area contributed by atoms with Gasteiger partial charge in [0.15, 0.2) is 0 Å². The molecule has 1 unspecified atom stereocenters. The zero-order chi connectivity index (χ0) is 12.3. The Labute approximate surface area is 108 Å². The van der Waals surface area contributed by atoms with E-state index in [1.54, 1.807) is 0 Å². The summed E-state index contributed by atoms with van der Waals surface area (Å²) in [5.41, 5.74) is 1.04. The van der Waals surface area contributed by atoms with Crippen LogP contribution >= 0.6 is 11.6 Å². The van der Waals surface area contributed by atoms with E-state index in [-0.39, 0.29) is 0 Å². The molecule has 1 aliphatic heterocycles. The lowest BCUT2D eigenvalue weighted by molar-refractivity contribution is 0.0780. The van der Waals surface area contributed by atoms with Crippen molar-refractivity contribution < 1.29 is 4.74 Å². The Morgan fingerprint density at radius 1 is 1.47 bits per heavy atom. The summed E-state index contributed by atoms with van der Waals surface area (Å²) in [4.78, 5) is 8.96. The fourth-order valence-electron chi connectivity index (χ4n) is 2.13. The summed E-state index contributed by atoms with van der Waals surface area (Å²) in [6.07, 6.45) is 3.13. The second kappa shape index (κ2) is 5.78. The summed E-state index contributed by atoms with van der Waals surface area (Å²) in [5.74, 6) is 1.75. The monoisotopic (exact) mass is 254 g/mol. The molecule has 0 radical (unpaired) electrons. The maximum absolute atomic E-state index is 6.06. The topological polar surface area (TPSA) is 35.0 Å². The van der Waals surface area contributed by atoms with Gasteiger partial charge in [0.25, 0.3) is 0 Å². The van der Waals surface area contributed by atoms with Crippen LogP contribution in [-0.4, -0.2) is 23.2 Å². The first kappa shape index (κ1) is 12.8. The van der Waals surface area contributed by atoms with Gasteiger partial charge in [-0.25, -0.2) is 9.97 Å². The lowest BCUT2D eigenvalue weighted by atomic mass is 10.0. The summed E-state index contributed by atoms with van der Waals surface area (Å²) >= 11 is 6.06. The summed E-state index contributed by atoms with van der Waals surface area (Å²) in [6.45, 7) is 5.94. The Hall–Kier alpha value is -0.670. The minimum Gasteiger partial charge on any atom is -0.381 e. The van der Waals surface area contributed by atoms with E-state index < -0.39 is 0 Å². The van der Waals surface area contributed by atoms with Gasteiger partial charge in [-0.3, -0.25) is 0 Å². The Bertz CT molecular complexity index is 376. The lowest BCUT2D eigenvalue weighted by Gasteiger charge is -2.21. The van der Waals surface area contributed by atoms with Gasteiger partial charge in [0.05, 0.1) is 6.61 Å². The van der Waals surface area contributed by atoms with Crippen molar-refractivity contribution in [3.8, 4) is 0 Å². The minimum absolute atomic E-state index is 0.313. The number of hydrogen-bond donors (Lipinski definition) is 0. The Balaban J connectivity index is 2.18. The highest BCUT2D eigenvalue weighted by molar-refractivity contribution is 6.29. The molecule has 4 heteroatoms. The molecule has 1 atom stereocenters. The molecule has 0 spiro atoms. The number of hydrogen-bond acceptors (Lipinski definition) is 3. The molecule has 1 fully saturated rings. The van der Waals surface area contributed by atoms with Crippen LogP contribution in [0.5, 0.6) is 0 Å². The molecule has 0 bridgehead atoms. The quantitative estimate of drug-likeness (QED) is 0.777. The molecule has 0 aromatic carbocycles. The highest BCUT2D eigenvalue weighted by Gasteiger charge is 2.19. The molecule has 1 aliphatic rings. The SMILES string of the molecule is CC(C)Cc1cc(Cl)nc(C2CCCOC2)n1. The van der Waals surface area contributed by atoms with Gasteiger partial charge in [-0.05, 0) is 31.2 Å². The highest BCUT2D eigenvalue weighted by Crippen LogP contribution is 2.24. The van der Waals surface area contributed by atoms with E-state index in [0.717, 1.165) is 44.0 Å². The van der Waals surface area contributed by atoms with Crippen LogP contribution in [0.4, 0.5) is 0 Å². The van der Waals surface area contributed by atoms with E-state index in [1.807, 2.05) is 6.07 Å². The third-order valence-electron chi connectivity index (χ3n) is 2.91. The predicted molar refractivity (Wildman–Crippen MR) is 68.4 cm³/mol. The molecule has 1 saturated heterocycles. The normalized spacial score (nSPS) is 20.8. The first-order valence-corrected chi connectivity index (χ1v) is 6.64. The van der Waals surface area contributed by atoms with E-state index in [1.165, 1.54) is 0 Å². The third kappa shape index (κ3) is 3.65. The molecule has 0 N–H and O–H groups in total. The van der Waals surface area contributed by atoms with Crippen LogP contribution in [0.1, 0.15) is 44.1 Å². The van der Waals surface area contributed by atoms with Gasteiger partial charge in [-0.15, -0.1) is 0 Å². The summed E-state index contributed by atoms with van der Waals surface area (Å²) in [7, 11) is 0. The first-order valence-electron chi connectivity index (χ1n) is 6.26. The van der Waals surface area contributed by atoms with E-state index in [9.17, 15) is 0 Å². The standard InChI is InChI=1S/C13H19ClN2O/c1-9(2)6-11-7-12(14)16-13(15-11)10-4-3-5-17-8-10/h7,9-10H,3-6,8H2,1-2H3. The van der Waals surface area contributed by atoms with Crippen LogP contribution in [-0.2, 0) is 11.2 Å². The Morgan fingerprint density at radius 3 is 2.94 bits per heavy atom. The first-order chi connectivity index (χ1) is 8.15. The molecule has 94 valence electrons. The summed E-state index contributed by atoms with van der Waals surface area (Å²) < 4.78 is 5.47. The molecule has 1 aromatic rings. The van der Waals surface area contributed by atoms with Crippen molar-refractivity contribution in [2.24, 2.45) is 5.92 Å². The van der Waals surface area contributed by atoms with Gasteiger partial charge in [0, 0.05) is 18.2 Å². The Morgan fingerprint density at radius 2 is 2.29 bits per heavy atom. The zero-order valence-corrected chi connectivity index (χ0v) is 11.2. The van der Waals surface area contributed by atoms with Crippen molar-refractivity contribution >= 4 is 11.6 Å². The van der Waals surface area contributed by atoms with Gasteiger partial charge in [-0.1, -0.05) is 25.4 Å². The average Bonchev–Trinajstić information content (AvgIpc) is 2.28. The average molecular weight is 255 g/mol. The van der Waals surface area contributed by atoms with Crippen LogP contribution in [0.15, 0.2) is 6.07 Å². The molecule has 0 saturated carbocycles. The molecule has 17 heavy (non-hydrogen) atoms. The fraction of sp³-hybridized carbons (Fsp3) is 0.692. The second-order valence-corrected chi connectivity index (χ2v) is 5.44. The maximum atomic E-state index is 6.06. The van der Waals surface area contributed by atoms with Crippen LogP contribution in [0.25, 0.3) is 0 Å². The van der Waals surface area contributed by atoms with Crippen LogP contribution in [0.2, 0.25) is 5.15 Å². The molecule has 0 amide bonds. The molecular formula is C13H19ClN2O. The van der Waals surface area contributed by atoms with Gasteiger partial charge >= 0.3 is 0 Å². The van der Waals surface area contributed by atoms with Crippen LogP contribution < -0.4 is 0 Å². The van der Waals surface area contributed by atoms with E-state index >= 15 is 0 Å². The van der Waals surface area contributed by atoms with Gasteiger partial charge < -0.3 is 4.74 Å². The number of rotatable bonds is 3. The van der Waals surface area contributed by atoms with Crippen molar-refractivity contribution in [1.82, 2.24) is 9.97 Å². The van der Waals surface area contributed by atoms with Gasteiger partial charge in [0.1, 0.15) is 11.0 Å². The molecule has 0 aliphatic carbocycles. The lowest BCUT2D eigenvalue weighted by Crippen LogP contribution is -2.18. The number of halogens is 1. The fourth-order valence-corrected chi connectivity index (χ4v) is 2.35. The third-order valence-corrected chi connectivity index (χ3v) is 3.10. The highest BCUT2D eigenvalue weighted by atomic mass is 35.5. The largest absolute Gasteiger partial charge is 0.381 e. The minimum atomic E-state index is 0.313. The molecule has 2 rings (SSSR count). The molecule has 2 heterocycles. The number of ether oxygens (including phenoxy) is 1. The molecule has 3 nitrogen and oxygen atoms in total. The molecule has 1 aromatic heterocycles. The number of aromatic nitrogens is 2. The molecular weight excluding hydrogens is 236 g/mol. The summed E-state index contributed by atoms with van der Waals surface area (Å²) in [5, 5.41) is 0.552. The summed E-state index contributed by atoms with van der Waals surface area (Å²) in [6, 6.07) is 1.87. The zero-order valence-electron chi connectivity index (χ0n) is 10.4. The van der Waals surface area contributed by atoms with Crippen molar-refractivity contribution in [3.05, 3.63) is 22.7 Å². The van der Waals surface area contributed by atoms with Crippen LogP contribution in [0, 0.1) is 5.92 Å². The van der Waals surface area contributed by atoms with Crippen molar-refractivity contribution in [3.63, 3.8) is 0 Å². The predicted octanol–water partition coefficient (Wildman–Crippen LogP) is 3.22. The van der Waals surface area contributed by atoms with Crippen molar-refractivity contribution in [2.45, 2.75) is 39.0 Å². The Kier molecular flexibility index (Phi) is 4.35. The smallest absolute Gasteiger partial charge is 0.135 e. The van der Waals surface area contributed by atoms with E-state index in [4.69, 9.17) is 16.3 Å². The van der Waals surface area contributed by atoms with Crippen molar-refractivity contribution in [1.29, 1.82) is 0 Å². The van der Waals surface area contributed by atoms with Gasteiger partial charge in [-0.2, -0.15) is 0 Å². The van der Waals surface area contributed by atoms with Crippen molar-refractivity contribution in [2.75, 3.05) is 13.2 Å². The number of nitrogens with zero attached hydrogens (tertiary/aromatic N) is 2. The van der Waals surface area contributed by atoms with Crippen LogP contribution in [0.3, 0.4) is 0 Å². The second-order valence-electron chi connectivity index (χ2n) is 5.05. The van der Waals surface area contributed by atoms with E-state index in [0.29, 0.717) is 17.0 Å². The van der Waals surface area contributed by atoms with E-state index in [2.05, 4.69) is 23.8 Å².